The van der Waals surface area contributed by atoms with Crippen LogP contribution in [0.1, 0.15) is 40.2 Å². The zero-order valence-corrected chi connectivity index (χ0v) is 20.1. The molecule has 0 unspecified atom stereocenters. The number of nitrogens with zero attached hydrogens (tertiary/aromatic N) is 1. The van der Waals surface area contributed by atoms with Crippen molar-refractivity contribution in [3.63, 3.8) is 0 Å². The minimum atomic E-state index is -0.296. The van der Waals surface area contributed by atoms with Crippen molar-refractivity contribution in [3.05, 3.63) is 39.0 Å². The summed E-state index contributed by atoms with van der Waals surface area (Å²) in [5.41, 5.74) is 1.09. The maximum absolute atomic E-state index is 12.5. The Morgan fingerprint density at radius 2 is 1.93 bits per heavy atom. The Hall–Kier alpha value is -1.86. The van der Waals surface area contributed by atoms with Crippen molar-refractivity contribution < 1.29 is 14.3 Å². The molecule has 0 bridgehead atoms. The van der Waals surface area contributed by atoms with Gasteiger partial charge in [-0.05, 0) is 60.8 Å². The second-order valence-corrected chi connectivity index (χ2v) is 9.16. The van der Waals surface area contributed by atoms with Crippen molar-refractivity contribution in [2.75, 3.05) is 13.7 Å². The lowest BCUT2D eigenvalue weighted by Gasteiger charge is -2.19. The van der Waals surface area contributed by atoms with E-state index in [4.69, 9.17) is 16.3 Å². The Balaban J connectivity index is 2.79. The van der Waals surface area contributed by atoms with Crippen LogP contribution in [0.5, 0.6) is 5.75 Å². The third kappa shape index (κ3) is 9.45. The first-order valence-electron chi connectivity index (χ1n) is 9.25. The maximum atomic E-state index is 12.5. The van der Waals surface area contributed by atoms with Crippen LogP contribution in [0, 0.1) is 5.92 Å². The first kappa shape index (κ1) is 25.2. The number of amides is 2. The second kappa shape index (κ2) is 11.4. The van der Waals surface area contributed by atoms with Gasteiger partial charge in [0.15, 0.2) is 0 Å². The molecule has 0 aliphatic rings. The fourth-order valence-corrected chi connectivity index (χ4v) is 3.49. The minimum Gasteiger partial charge on any atom is -0.495 e. The van der Waals surface area contributed by atoms with Crippen molar-refractivity contribution in [2.24, 2.45) is 10.9 Å². The highest BCUT2D eigenvalue weighted by molar-refractivity contribution is 9.10. The summed E-state index contributed by atoms with van der Waals surface area (Å²) in [5.74, 6) is 0.292. The van der Waals surface area contributed by atoms with Crippen molar-refractivity contribution in [2.45, 2.75) is 46.6 Å². The zero-order valence-electron chi connectivity index (χ0n) is 17.7. The van der Waals surface area contributed by atoms with Gasteiger partial charge in [0.1, 0.15) is 12.3 Å². The average molecular weight is 487 g/mol. The van der Waals surface area contributed by atoms with E-state index in [1.807, 2.05) is 34.6 Å². The molecule has 0 aromatic heterocycles. The first-order valence-corrected chi connectivity index (χ1v) is 10.4. The summed E-state index contributed by atoms with van der Waals surface area (Å²) in [6.07, 6.45) is 3.35. The second-order valence-electron chi connectivity index (χ2n) is 7.87. The molecule has 0 aliphatic heterocycles. The quantitative estimate of drug-likeness (QED) is 0.538. The molecule has 0 atom stereocenters. The molecule has 1 aromatic rings. The highest BCUT2D eigenvalue weighted by Crippen LogP contribution is 2.32. The van der Waals surface area contributed by atoms with Crippen molar-refractivity contribution in [1.82, 2.24) is 10.6 Å². The van der Waals surface area contributed by atoms with E-state index in [1.54, 1.807) is 25.3 Å². The van der Waals surface area contributed by atoms with Crippen LogP contribution in [0.15, 0.2) is 33.4 Å². The number of hydrogen-bond donors (Lipinski definition) is 2. The van der Waals surface area contributed by atoms with E-state index in [-0.39, 0.29) is 36.2 Å². The van der Waals surface area contributed by atoms with Crippen LogP contribution in [0.3, 0.4) is 0 Å². The molecule has 0 heterocycles. The van der Waals surface area contributed by atoms with Gasteiger partial charge < -0.3 is 15.4 Å². The van der Waals surface area contributed by atoms with Gasteiger partial charge in [0.05, 0.1) is 18.0 Å². The number of carbonyl (C=O) groups is 2. The van der Waals surface area contributed by atoms with Gasteiger partial charge in [0, 0.05) is 28.0 Å². The summed E-state index contributed by atoms with van der Waals surface area (Å²) in [4.78, 5) is 28.4. The third-order valence-corrected chi connectivity index (χ3v) is 4.46. The smallest absolute Gasteiger partial charge is 0.242 e. The fourth-order valence-electron chi connectivity index (χ4n) is 2.46. The Morgan fingerprint density at radius 1 is 1.28 bits per heavy atom. The van der Waals surface area contributed by atoms with Crippen molar-refractivity contribution in [3.8, 4) is 5.75 Å². The lowest BCUT2D eigenvalue weighted by atomic mass is 10.1. The Morgan fingerprint density at radius 3 is 2.48 bits per heavy atom. The molecule has 0 aliphatic carbocycles. The monoisotopic (exact) mass is 485 g/mol. The number of halogens is 2. The summed E-state index contributed by atoms with van der Waals surface area (Å²) >= 11 is 9.48. The van der Waals surface area contributed by atoms with E-state index >= 15 is 0 Å². The molecule has 0 saturated heterocycles. The molecule has 160 valence electrons. The van der Waals surface area contributed by atoms with E-state index in [0.717, 1.165) is 0 Å². The molecule has 0 fully saturated rings. The number of carbonyl (C=O) groups excluding carboxylic acids is 2. The van der Waals surface area contributed by atoms with Gasteiger partial charge in [0.2, 0.25) is 11.8 Å². The predicted octanol–water partition coefficient (Wildman–Crippen LogP) is 4.30. The van der Waals surface area contributed by atoms with Crippen LogP contribution >= 0.6 is 27.5 Å². The van der Waals surface area contributed by atoms with Crippen LogP contribution in [-0.4, -0.2) is 37.2 Å². The van der Waals surface area contributed by atoms with E-state index in [1.165, 1.54) is 6.21 Å². The molecule has 1 rings (SSSR count). The number of allylic oxidation sites excluding steroid dienone is 2. The van der Waals surface area contributed by atoms with E-state index in [2.05, 4.69) is 31.6 Å². The molecule has 0 radical (unpaired) electrons. The molecule has 2 amide bonds. The largest absolute Gasteiger partial charge is 0.495 e. The van der Waals surface area contributed by atoms with Crippen molar-refractivity contribution >= 4 is 45.6 Å². The highest BCUT2D eigenvalue weighted by Gasteiger charge is 2.15. The van der Waals surface area contributed by atoms with Crippen LogP contribution in [-0.2, 0) is 16.0 Å². The first-order chi connectivity index (χ1) is 13.4. The van der Waals surface area contributed by atoms with Crippen LogP contribution in [0.4, 0.5) is 0 Å². The number of ether oxygens (including phenoxy) is 1. The Labute approximate surface area is 186 Å². The van der Waals surface area contributed by atoms with Gasteiger partial charge in [-0.25, -0.2) is 0 Å². The maximum Gasteiger partial charge on any atom is 0.242 e. The molecule has 0 saturated carbocycles. The van der Waals surface area contributed by atoms with Crippen LogP contribution in [0.25, 0.3) is 0 Å². The summed E-state index contributed by atoms with van der Waals surface area (Å²) in [7, 11) is 1.54. The standard InChI is InChI=1S/C21H29BrClN3O3/c1-13(2)17(7-8-24-12-19(28)26-21(3,4)5)25-18(27)10-14-9-15(23)11-16(22)20(14)29-6/h7-9,11,13H,10,12H2,1-6H3,(H,25,27)(H,26,28)/b17-7+,24-8-. The van der Waals surface area contributed by atoms with Gasteiger partial charge in [0.25, 0.3) is 0 Å². The van der Waals surface area contributed by atoms with E-state index < -0.39 is 0 Å². The molecule has 29 heavy (non-hydrogen) atoms. The minimum absolute atomic E-state index is 0.0286. The molecule has 8 heteroatoms. The number of nitrogens with one attached hydrogen (secondary N) is 2. The topological polar surface area (TPSA) is 79.8 Å². The number of hydrogen-bond acceptors (Lipinski definition) is 4. The number of methoxy groups -OCH3 is 1. The molecular weight excluding hydrogens is 458 g/mol. The fraction of sp³-hybridized carbons (Fsp3) is 0.476. The lowest BCUT2D eigenvalue weighted by molar-refractivity contribution is -0.121. The number of aliphatic imine (C=N–C) groups is 1. The molecule has 2 N–H and O–H groups in total. The normalized spacial score (nSPS) is 12.4. The Kier molecular flexibility index (Phi) is 9.86. The van der Waals surface area contributed by atoms with Gasteiger partial charge in [-0.2, -0.15) is 0 Å². The predicted molar refractivity (Wildman–Crippen MR) is 122 cm³/mol. The highest BCUT2D eigenvalue weighted by atomic mass is 79.9. The van der Waals surface area contributed by atoms with Crippen LogP contribution in [0.2, 0.25) is 5.02 Å². The van der Waals surface area contributed by atoms with Gasteiger partial charge in [-0.3, -0.25) is 14.6 Å². The van der Waals surface area contributed by atoms with E-state index in [0.29, 0.717) is 26.5 Å². The van der Waals surface area contributed by atoms with E-state index in [9.17, 15) is 9.59 Å². The van der Waals surface area contributed by atoms with Gasteiger partial charge >= 0.3 is 0 Å². The number of benzene rings is 1. The van der Waals surface area contributed by atoms with Gasteiger partial charge in [-0.1, -0.05) is 25.4 Å². The molecule has 1 aromatic carbocycles. The summed E-state index contributed by atoms with van der Waals surface area (Å²) in [5, 5.41) is 6.25. The van der Waals surface area contributed by atoms with Crippen molar-refractivity contribution in [1.29, 1.82) is 0 Å². The zero-order chi connectivity index (χ0) is 22.2. The molecular formula is C21H29BrClN3O3. The van der Waals surface area contributed by atoms with Crippen LogP contribution < -0.4 is 15.4 Å². The number of rotatable bonds is 8. The summed E-state index contributed by atoms with van der Waals surface area (Å²) < 4.78 is 6.05. The SMILES string of the molecule is COc1c(Br)cc(Cl)cc1CC(=O)N/C(=C/C=N\CC(=O)NC(C)(C)C)C(C)C. The average Bonchev–Trinajstić information content (AvgIpc) is 2.55. The molecule has 6 nitrogen and oxygen atoms in total. The summed E-state index contributed by atoms with van der Waals surface area (Å²) in [6.45, 7) is 9.68. The molecule has 0 spiro atoms. The van der Waals surface area contributed by atoms with Gasteiger partial charge in [-0.15, -0.1) is 0 Å². The summed E-state index contributed by atoms with van der Waals surface area (Å²) in [6, 6.07) is 3.42. The Bertz CT molecular complexity index is 799. The lowest BCUT2D eigenvalue weighted by Crippen LogP contribution is -2.41. The third-order valence-electron chi connectivity index (χ3n) is 3.66.